The molecule has 0 heterocycles. The maximum absolute atomic E-state index is 11.6. The molecule has 0 radical (unpaired) electrons. The van der Waals surface area contributed by atoms with Gasteiger partial charge in [0.05, 0.1) is 11.5 Å². The lowest BCUT2D eigenvalue weighted by atomic mass is 9.96. The summed E-state index contributed by atoms with van der Waals surface area (Å²) < 4.78 is 23.2. The Kier molecular flexibility index (Phi) is 3.97. The zero-order valence-corrected chi connectivity index (χ0v) is 12.7. The molecule has 0 aliphatic rings. The molecule has 4 heteroatoms. The molecule has 0 saturated carbocycles. The van der Waals surface area contributed by atoms with Crippen LogP contribution in [-0.2, 0) is 16.4 Å². The maximum Gasteiger partial charge on any atom is 0.175 e. The molecule has 20 heavy (non-hydrogen) atoms. The van der Waals surface area contributed by atoms with Crippen LogP contribution in [0.15, 0.2) is 41.3 Å². The summed E-state index contributed by atoms with van der Waals surface area (Å²) in [5, 5.41) is 9.33. The minimum Gasteiger partial charge on any atom is -0.392 e. The van der Waals surface area contributed by atoms with E-state index in [-0.39, 0.29) is 6.61 Å². The van der Waals surface area contributed by atoms with Crippen LogP contribution in [0.2, 0.25) is 0 Å². The molecule has 0 aromatic heterocycles. The average molecular weight is 290 g/mol. The molecule has 0 spiro atoms. The highest BCUT2D eigenvalue weighted by Crippen LogP contribution is 2.27. The van der Waals surface area contributed by atoms with Crippen LogP contribution < -0.4 is 0 Å². The first-order valence-corrected chi connectivity index (χ1v) is 8.23. The number of hydrogen-bond donors (Lipinski definition) is 1. The fraction of sp³-hybridized carbons (Fsp3) is 0.250. The Morgan fingerprint density at radius 2 is 1.60 bits per heavy atom. The number of benzene rings is 2. The molecular weight excluding hydrogens is 272 g/mol. The summed E-state index contributed by atoms with van der Waals surface area (Å²) >= 11 is 0. The van der Waals surface area contributed by atoms with Gasteiger partial charge in [-0.1, -0.05) is 24.3 Å². The second-order valence-electron chi connectivity index (χ2n) is 5.05. The van der Waals surface area contributed by atoms with Crippen LogP contribution in [0.25, 0.3) is 11.1 Å². The predicted octanol–water partition coefficient (Wildman–Crippen LogP) is 2.87. The summed E-state index contributed by atoms with van der Waals surface area (Å²) in [5.74, 6) is 0. The molecule has 0 aliphatic carbocycles. The molecule has 0 amide bonds. The molecule has 0 atom stereocenters. The Morgan fingerprint density at radius 1 is 1.00 bits per heavy atom. The van der Waals surface area contributed by atoms with Crippen LogP contribution in [0.4, 0.5) is 0 Å². The minimum absolute atomic E-state index is 0.0152. The van der Waals surface area contributed by atoms with Gasteiger partial charge in [0.25, 0.3) is 0 Å². The van der Waals surface area contributed by atoms with E-state index >= 15 is 0 Å². The lowest BCUT2D eigenvalue weighted by molar-refractivity contribution is 0.280. The second kappa shape index (κ2) is 5.38. The van der Waals surface area contributed by atoms with E-state index in [9.17, 15) is 13.5 Å². The van der Waals surface area contributed by atoms with Gasteiger partial charge < -0.3 is 5.11 Å². The van der Waals surface area contributed by atoms with E-state index in [1.807, 2.05) is 32.0 Å². The molecule has 0 unspecified atom stereocenters. The summed E-state index contributed by atoms with van der Waals surface area (Å²) in [4.78, 5) is 0.316. The summed E-state index contributed by atoms with van der Waals surface area (Å²) in [6.07, 6.45) is 1.21. The van der Waals surface area contributed by atoms with Crippen LogP contribution in [0, 0.1) is 13.8 Å². The van der Waals surface area contributed by atoms with Gasteiger partial charge in [-0.3, -0.25) is 0 Å². The summed E-state index contributed by atoms with van der Waals surface area (Å²) in [5.41, 5.74) is 4.76. The second-order valence-corrected chi connectivity index (χ2v) is 7.06. The number of hydrogen-bond acceptors (Lipinski definition) is 3. The number of rotatable bonds is 3. The lowest BCUT2D eigenvalue weighted by Gasteiger charge is -2.11. The Morgan fingerprint density at radius 3 is 2.10 bits per heavy atom. The molecule has 1 N–H and O–H groups in total. The van der Waals surface area contributed by atoms with Gasteiger partial charge in [0.2, 0.25) is 0 Å². The first kappa shape index (κ1) is 14.8. The quantitative estimate of drug-likeness (QED) is 0.945. The van der Waals surface area contributed by atoms with E-state index in [2.05, 4.69) is 0 Å². The van der Waals surface area contributed by atoms with Gasteiger partial charge >= 0.3 is 0 Å². The van der Waals surface area contributed by atoms with Gasteiger partial charge in [-0.15, -0.1) is 0 Å². The van der Waals surface area contributed by atoms with Crippen molar-refractivity contribution < 1.29 is 13.5 Å². The lowest BCUT2D eigenvalue weighted by Crippen LogP contribution is -1.98. The highest BCUT2D eigenvalue weighted by atomic mass is 32.2. The normalized spacial score (nSPS) is 11.6. The fourth-order valence-corrected chi connectivity index (χ4v) is 2.98. The van der Waals surface area contributed by atoms with E-state index in [4.69, 9.17) is 0 Å². The van der Waals surface area contributed by atoms with Crippen LogP contribution in [0.3, 0.4) is 0 Å². The van der Waals surface area contributed by atoms with E-state index in [0.717, 1.165) is 27.8 Å². The van der Waals surface area contributed by atoms with Gasteiger partial charge in [-0.05, 0) is 53.8 Å². The van der Waals surface area contributed by atoms with Gasteiger partial charge in [-0.2, -0.15) is 0 Å². The van der Waals surface area contributed by atoms with Crippen molar-refractivity contribution in [1.29, 1.82) is 0 Å². The monoisotopic (exact) mass is 290 g/mol. The first-order chi connectivity index (χ1) is 9.32. The third-order valence-electron chi connectivity index (χ3n) is 3.45. The van der Waals surface area contributed by atoms with Gasteiger partial charge in [0, 0.05) is 6.26 Å². The maximum atomic E-state index is 11.6. The van der Waals surface area contributed by atoms with Gasteiger partial charge in [0.1, 0.15) is 0 Å². The van der Waals surface area contributed by atoms with Crippen LogP contribution in [0.5, 0.6) is 0 Å². The third kappa shape index (κ3) is 2.92. The SMILES string of the molecule is Cc1cc(-c2cccc(S(C)(=O)=O)c2)cc(C)c1CO. The van der Waals surface area contributed by atoms with Gasteiger partial charge in [-0.25, -0.2) is 8.42 Å². The van der Waals surface area contributed by atoms with E-state index in [1.54, 1.807) is 18.2 Å². The number of aliphatic hydroxyl groups is 1. The standard InChI is InChI=1S/C16H18O3S/c1-11-7-14(8-12(2)16(11)10-17)13-5-4-6-15(9-13)20(3,18)19/h4-9,17H,10H2,1-3H3. The van der Waals surface area contributed by atoms with Crippen molar-refractivity contribution in [2.24, 2.45) is 0 Å². The molecule has 0 bridgehead atoms. The Balaban J connectivity index is 2.58. The number of sulfone groups is 1. The summed E-state index contributed by atoms with van der Waals surface area (Å²) in [6.45, 7) is 3.91. The van der Waals surface area contributed by atoms with E-state index in [1.165, 1.54) is 6.26 Å². The molecule has 2 rings (SSSR count). The predicted molar refractivity (Wildman–Crippen MR) is 80.4 cm³/mol. The topological polar surface area (TPSA) is 54.4 Å². The fourth-order valence-electron chi connectivity index (χ4n) is 2.32. The summed E-state index contributed by atoms with van der Waals surface area (Å²) in [6, 6.07) is 10.9. The van der Waals surface area contributed by atoms with Crippen LogP contribution in [0.1, 0.15) is 16.7 Å². The van der Waals surface area contributed by atoms with Crippen LogP contribution >= 0.6 is 0 Å². The van der Waals surface area contributed by atoms with E-state index in [0.29, 0.717) is 4.90 Å². The molecule has 2 aromatic rings. The van der Waals surface area contributed by atoms with Crippen molar-refractivity contribution in [1.82, 2.24) is 0 Å². The highest BCUT2D eigenvalue weighted by molar-refractivity contribution is 7.90. The molecular formula is C16H18O3S. The van der Waals surface area contributed by atoms with Crippen molar-refractivity contribution in [3.05, 3.63) is 53.1 Å². The Hall–Kier alpha value is -1.65. The van der Waals surface area contributed by atoms with Crippen LogP contribution in [-0.4, -0.2) is 19.8 Å². The smallest absolute Gasteiger partial charge is 0.175 e. The highest BCUT2D eigenvalue weighted by Gasteiger charge is 2.10. The van der Waals surface area contributed by atoms with Crippen molar-refractivity contribution in [2.45, 2.75) is 25.3 Å². The Bertz CT molecular complexity index is 723. The average Bonchev–Trinajstić information content (AvgIpc) is 2.37. The van der Waals surface area contributed by atoms with Crippen molar-refractivity contribution in [3.8, 4) is 11.1 Å². The van der Waals surface area contributed by atoms with Crippen molar-refractivity contribution in [2.75, 3.05) is 6.26 Å². The van der Waals surface area contributed by atoms with Gasteiger partial charge in [0.15, 0.2) is 9.84 Å². The zero-order chi connectivity index (χ0) is 14.9. The third-order valence-corrected chi connectivity index (χ3v) is 4.56. The number of aryl methyl sites for hydroxylation is 2. The zero-order valence-electron chi connectivity index (χ0n) is 11.8. The molecule has 3 nitrogen and oxygen atoms in total. The number of aliphatic hydroxyl groups excluding tert-OH is 1. The molecule has 2 aromatic carbocycles. The first-order valence-electron chi connectivity index (χ1n) is 6.34. The molecule has 106 valence electrons. The molecule has 0 saturated heterocycles. The molecule has 0 fully saturated rings. The largest absolute Gasteiger partial charge is 0.392 e. The summed E-state index contributed by atoms with van der Waals surface area (Å²) in [7, 11) is -3.21. The van der Waals surface area contributed by atoms with E-state index < -0.39 is 9.84 Å². The minimum atomic E-state index is -3.21. The van der Waals surface area contributed by atoms with Crippen molar-refractivity contribution in [3.63, 3.8) is 0 Å². The molecule has 0 aliphatic heterocycles. The Labute approximate surface area is 119 Å². The van der Waals surface area contributed by atoms with Crippen molar-refractivity contribution >= 4 is 9.84 Å².